The van der Waals surface area contributed by atoms with Crippen molar-refractivity contribution >= 4 is 69.3 Å². The van der Waals surface area contributed by atoms with Crippen molar-refractivity contribution in [1.29, 1.82) is 0 Å². The largest absolute Gasteiger partial charge is 0.478 e. The fourth-order valence-electron chi connectivity index (χ4n) is 4.63. The van der Waals surface area contributed by atoms with Gasteiger partial charge in [-0.2, -0.15) is 0 Å². The normalized spacial score (nSPS) is 10.7. The van der Waals surface area contributed by atoms with E-state index in [1.807, 2.05) is 0 Å². The second-order valence-electron chi connectivity index (χ2n) is 8.66. The minimum absolute atomic E-state index is 0.485. The first-order valence-electron chi connectivity index (χ1n) is 11.5. The van der Waals surface area contributed by atoms with Crippen LogP contribution in [-0.4, -0.2) is 78.4 Å². The summed E-state index contributed by atoms with van der Waals surface area (Å²) in [5.74, 6) is -14.1. The number of fused-ring (bicyclic) bond motifs is 2. The molecule has 0 unspecified atom stereocenters. The molecule has 43 heavy (non-hydrogen) atoms. The predicted molar refractivity (Wildman–Crippen MR) is 139 cm³/mol. The molecule has 216 valence electrons. The maximum atomic E-state index is 13.4. The Kier molecular flexibility index (Phi) is 7.33. The van der Waals surface area contributed by atoms with Gasteiger partial charge >= 0.3 is 47.8 Å². The lowest BCUT2D eigenvalue weighted by atomic mass is 9.91. The van der Waals surface area contributed by atoms with Crippen LogP contribution in [0.4, 0.5) is 0 Å². The van der Waals surface area contributed by atoms with Crippen molar-refractivity contribution in [3.05, 3.63) is 93.0 Å². The summed E-state index contributed by atoms with van der Waals surface area (Å²) in [5.41, 5.74) is -6.84. The Balaban J connectivity index is 2.02. The smallest absolute Gasteiger partial charge is 0.347 e. The number of hydrogen-bond acceptors (Lipinski definition) is 9. The first-order chi connectivity index (χ1) is 20.2. The van der Waals surface area contributed by atoms with Crippen LogP contribution in [0.5, 0.6) is 0 Å². The maximum Gasteiger partial charge on any atom is 0.347 e. The van der Waals surface area contributed by atoms with E-state index in [0.717, 1.165) is 36.4 Å². The van der Waals surface area contributed by atoms with Crippen LogP contribution in [0.1, 0.15) is 82.9 Å². The highest BCUT2D eigenvalue weighted by atomic mass is 16.6. The lowest BCUT2D eigenvalue weighted by Gasteiger charge is -2.16. The van der Waals surface area contributed by atoms with Gasteiger partial charge < -0.3 is 35.4 Å². The van der Waals surface area contributed by atoms with Crippen molar-refractivity contribution in [2.24, 2.45) is 0 Å². The summed E-state index contributed by atoms with van der Waals surface area (Å²) in [5, 5.41) is 55.6. The Labute approximate surface area is 236 Å². The number of carboxylic acid groups (broad SMARTS) is 6. The molecule has 0 saturated heterocycles. The number of rotatable bonds is 8. The number of esters is 2. The molecule has 0 aliphatic rings. The highest BCUT2D eigenvalue weighted by Crippen LogP contribution is 2.33. The molecule has 0 atom stereocenters. The van der Waals surface area contributed by atoms with Crippen molar-refractivity contribution in [1.82, 2.24) is 0 Å². The third kappa shape index (κ3) is 4.93. The van der Waals surface area contributed by atoms with E-state index >= 15 is 0 Å². The van der Waals surface area contributed by atoms with Crippen molar-refractivity contribution < 1.29 is 73.7 Å². The van der Waals surface area contributed by atoms with E-state index in [4.69, 9.17) is 4.74 Å². The summed E-state index contributed by atoms with van der Waals surface area (Å²) in [6.07, 6.45) is 0. The molecule has 4 rings (SSSR count). The second-order valence-corrected chi connectivity index (χ2v) is 8.66. The average Bonchev–Trinajstić information content (AvgIpc) is 2.93. The molecule has 0 fully saturated rings. The molecule has 4 aromatic carbocycles. The molecular weight excluding hydrogens is 576 g/mol. The SMILES string of the molecule is O=C(O)c1cc(C(=O)O)c2c(C(=O)O)cccc2c1C(=O)OC(=O)c1c(C(=O)O)cc(C(=O)O)c2c(C(=O)O)cccc12. The summed E-state index contributed by atoms with van der Waals surface area (Å²) in [7, 11) is 0. The summed E-state index contributed by atoms with van der Waals surface area (Å²) in [6.45, 7) is 0. The van der Waals surface area contributed by atoms with Crippen molar-refractivity contribution in [2.75, 3.05) is 0 Å². The third-order valence-corrected chi connectivity index (χ3v) is 6.30. The average molecular weight is 590 g/mol. The van der Waals surface area contributed by atoms with Crippen molar-refractivity contribution in [3.63, 3.8) is 0 Å². The molecular formula is C28H14O15. The first-order valence-corrected chi connectivity index (χ1v) is 11.5. The zero-order valence-electron chi connectivity index (χ0n) is 21.0. The Bertz CT molecular complexity index is 1860. The summed E-state index contributed by atoms with van der Waals surface area (Å²) < 4.78 is 4.83. The lowest BCUT2D eigenvalue weighted by molar-refractivity contribution is 0.0387. The minimum Gasteiger partial charge on any atom is -0.478 e. The third-order valence-electron chi connectivity index (χ3n) is 6.30. The zero-order valence-corrected chi connectivity index (χ0v) is 21.0. The molecule has 0 bridgehead atoms. The maximum absolute atomic E-state index is 13.4. The number of carbonyl (C=O) groups excluding carboxylic acids is 2. The van der Waals surface area contributed by atoms with Gasteiger partial charge in [0.15, 0.2) is 0 Å². The van der Waals surface area contributed by atoms with Gasteiger partial charge in [0.2, 0.25) is 0 Å². The number of benzene rings is 4. The molecule has 0 radical (unpaired) electrons. The van der Waals surface area contributed by atoms with Crippen LogP contribution in [0.3, 0.4) is 0 Å². The van der Waals surface area contributed by atoms with Gasteiger partial charge in [-0.15, -0.1) is 0 Å². The Hall–Kier alpha value is -6.64. The highest BCUT2D eigenvalue weighted by molar-refractivity contribution is 6.25. The fraction of sp³-hybridized carbons (Fsp3) is 0. The first kappa shape index (κ1) is 29.3. The van der Waals surface area contributed by atoms with Gasteiger partial charge in [0.1, 0.15) is 0 Å². The fourth-order valence-corrected chi connectivity index (χ4v) is 4.63. The molecule has 0 amide bonds. The van der Waals surface area contributed by atoms with E-state index in [0.29, 0.717) is 12.1 Å². The van der Waals surface area contributed by atoms with Gasteiger partial charge in [0.05, 0.1) is 44.5 Å². The van der Waals surface area contributed by atoms with Crippen LogP contribution >= 0.6 is 0 Å². The molecule has 0 aromatic heterocycles. The lowest BCUT2D eigenvalue weighted by Crippen LogP contribution is -2.21. The van der Waals surface area contributed by atoms with Crippen LogP contribution in [-0.2, 0) is 4.74 Å². The molecule has 0 aliphatic carbocycles. The van der Waals surface area contributed by atoms with E-state index in [9.17, 15) is 69.0 Å². The van der Waals surface area contributed by atoms with E-state index in [-0.39, 0.29) is 0 Å². The van der Waals surface area contributed by atoms with Crippen LogP contribution in [0.25, 0.3) is 21.5 Å². The molecule has 6 N–H and O–H groups in total. The number of aromatic carboxylic acids is 6. The monoisotopic (exact) mass is 590 g/mol. The molecule has 15 heteroatoms. The summed E-state index contributed by atoms with van der Waals surface area (Å²) in [4.78, 5) is 98.2. The van der Waals surface area contributed by atoms with E-state index in [1.165, 1.54) is 0 Å². The Morgan fingerprint density at radius 3 is 1.00 bits per heavy atom. The van der Waals surface area contributed by atoms with Crippen molar-refractivity contribution in [3.8, 4) is 0 Å². The van der Waals surface area contributed by atoms with E-state index in [1.54, 1.807) is 0 Å². The zero-order chi connectivity index (χ0) is 31.9. The number of carboxylic acids is 6. The number of hydrogen-bond donors (Lipinski definition) is 6. The summed E-state index contributed by atoms with van der Waals surface area (Å²) >= 11 is 0. The van der Waals surface area contributed by atoms with Gasteiger partial charge in [-0.1, -0.05) is 24.3 Å². The quantitative estimate of drug-likeness (QED) is 0.127. The standard InChI is InChI=1S/C28H14O15/c29-21(30)11-5-1-3-9-17(11)13(23(33)34)7-15(25(37)38)19(9)27(41)43-28(42)20-10-4-2-6-12(22(31)32)18(10)14(24(35)36)8-16(20)26(39)40/h1-8H,(H,29,30)(H,31,32)(H,33,34)(H,35,36)(H,37,38)(H,39,40). The van der Waals surface area contributed by atoms with Crippen LogP contribution in [0, 0.1) is 0 Å². The van der Waals surface area contributed by atoms with Gasteiger partial charge in [-0.05, 0) is 35.0 Å². The topological polar surface area (TPSA) is 267 Å². The number of ether oxygens (including phenoxy) is 1. The molecule has 0 aliphatic heterocycles. The molecule has 0 spiro atoms. The molecule has 0 heterocycles. The van der Waals surface area contributed by atoms with Gasteiger partial charge in [-0.25, -0.2) is 38.4 Å². The van der Waals surface area contributed by atoms with E-state index < -0.39 is 114 Å². The summed E-state index contributed by atoms with van der Waals surface area (Å²) in [6, 6.07) is 7.06. The highest BCUT2D eigenvalue weighted by Gasteiger charge is 2.32. The molecule has 4 aromatic rings. The van der Waals surface area contributed by atoms with Gasteiger partial charge in [0, 0.05) is 10.8 Å². The minimum atomic E-state index is -1.88. The predicted octanol–water partition coefficient (Wildman–Crippen LogP) is 3.18. The molecule has 0 saturated carbocycles. The molecule has 15 nitrogen and oxygen atoms in total. The van der Waals surface area contributed by atoms with Crippen molar-refractivity contribution in [2.45, 2.75) is 0 Å². The van der Waals surface area contributed by atoms with Crippen LogP contribution in [0.15, 0.2) is 48.5 Å². The second kappa shape index (κ2) is 10.7. The van der Waals surface area contributed by atoms with Crippen LogP contribution in [0.2, 0.25) is 0 Å². The van der Waals surface area contributed by atoms with E-state index in [2.05, 4.69) is 0 Å². The van der Waals surface area contributed by atoms with Crippen LogP contribution < -0.4 is 0 Å². The Morgan fingerprint density at radius 1 is 0.419 bits per heavy atom. The number of carbonyl (C=O) groups is 8. The Morgan fingerprint density at radius 2 is 0.721 bits per heavy atom. The van der Waals surface area contributed by atoms with Gasteiger partial charge in [0.25, 0.3) is 0 Å². The van der Waals surface area contributed by atoms with Gasteiger partial charge in [-0.3, -0.25) is 0 Å².